The minimum atomic E-state index is 0.418. The number of thiazole rings is 1. The molecule has 3 unspecified atom stereocenters. The summed E-state index contributed by atoms with van der Waals surface area (Å²) < 4.78 is 0. The summed E-state index contributed by atoms with van der Waals surface area (Å²) in [5.74, 6) is 0.790. The third kappa shape index (κ3) is 3.29. The molecule has 4 heteroatoms. The van der Waals surface area contributed by atoms with E-state index in [0.29, 0.717) is 12.1 Å². The number of aryl methyl sites for hydroxylation is 1. The molecule has 0 aromatic carbocycles. The Bertz CT molecular complexity index is 416. The van der Waals surface area contributed by atoms with E-state index in [1.807, 2.05) is 11.3 Å². The van der Waals surface area contributed by atoms with Gasteiger partial charge < -0.3 is 10.2 Å². The molecule has 0 saturated carbocycles. The Kier molecular flexibility index (Phi) is 4.85. The van der Waals surface area contributed by atoms with Crippen LogP contribution < -0.4 is 10.2 Å². The predicted octanol–water partition coefficient (Wildman–Crippen LogP) is 3.75. The summed E-state index contributed by atoms with van der Waals surface area (Å²) in [6.07, 6.45) is 2.47. The lowest BCUT2D eigenvalue weighted by Gasteiger charge is -2.20. The van der Waals surface area contributed by atoms with Crippen LogP contribution in [0.3, 0.4) is 0 Å². The minimum Gasteiger partial charge on any atom is -0.345 e. The normalized spacial score (nSPS) is 25.0. The number of nitrogens with one attached hydrogen (secondary N) is 1. The fraction of sp³-hybridized carbons (Fsp3) is 0.800. The Hall–Kier alpha value is -0.610. The largest absolute Gasteiger partial charge is 0.345 e. The first-order chi connectivity index (χ1) is 9.02. The molecule has 3 atom stereocenters. The van der Waals surface area contributed by atoms with Crippen molar-refractivity contribution in [2.75, 3.05) is 18.0 Å². The van der Waals surface area contributed by atoms with Gasteiger partial charge in [0.25, 0.3) is 0 Å². The van der Waals surface area contributed by atoms with E-state index >= 15 is 0 Å². The maximum Gasteiger partial charge on any atom is 0.186 e. The van der Waals surface area contributed by atoms with E-state index in [0.717, 1.165) is 19.0 Å². The van der Waals surface area contributed by atoms with Crippen LogP contribution in [0.2, 0.25) is 0 Å². The highest BCUT2D eigenvalue weighted by Gasteiger charge is 2.29. The Labute approximate surface area is 121 Å². The summed E-state index contributed by atoms with van der Waals surface area (Å²) in [6.45, 7) is 13.5. The van der Waals surface area contributed by atoms with Crippen LogP contribution in [0.4, 0.5) is 5.13 Å². The maximum atomic E-state index is 4.81. The van der Waals surface area contributed by atoms with Crippen LogP contribution in [0.15, 0.2) is 0 Å². The summed E-state index contributed by atoms with van der Waals surface area (Å²) in [5, 5.41) is 4.78. The molecule has 0 radical (unpaired) electrons. The molecule has 0 amide bonds. The van der Waals surface area contributed by atoms with Gasteiger partial charge in [-0.15, -0.1) is 11.3 Å². The van der Waals surface area contributed by atoms with E-state index in [-0.39, 0.29) is 0 Å². The van der Waals surface area contributed by atoms with Gasteiger partial charge in [-0.25, -0.2) is 4.98 Å². The fourth-order valence-corrected chi connectivity index (χ4v) is 4.14. The molecular weight excluding hydrogens is 254 g/mol. The summed E-state index contributed by atoms with van der Waals surface area (Å²) in [5.41, 5.74) is 1.20. The number of aromatic nitrogens is 1. The lowest BCUT2D eigenvalue weighted by atomic mass is 10.1. The van der Waals surface area contributed by atoms with Crippen molar-refractivity contribution >= 4 is 16.5 Å². The SMILES string of the molecule is CCCNC(C)c1sc(N2CC(C)CC2C)nc1C. The number of hydrogen-bond acceptors (Lipinski definition) is 4. The van der Waals surface area contributed by atoms with Gasteiger partial charge in [0, 0.05) is 23.5 Å². The first kappa shape index (κ1) is 14.8. The zero-order valence-electron chi connectivity index (χ0n) is 12.9. The molecule has 1 aliphatic rings. The van der Waals surface area contributed by atoms with Crippen LogP contribution >= 0.6 is 11.3 Å². The predicted molar refractivity (Wildman–Crippen MR) is 84.1 cm³/mol. The molecule has 0 aliphatic carbocycles. The van der Waals surface area contributed by atoms with E-state index in [1.165, 1.54) is 28.5 Å². The van der Waals surface area contributed by atoms with Crippen molar-refractivity contribution in [3.63, 3.8) is 0 Å². The van der Waals surface area contributed by atoms with Gasteiger partial charge in [-0.3, -0.25) is 0 Å². The van der Waals surface area contributed by atoms with E-state index in [9.17, 15) is 0 Å². The second kappa shape index (κ2) is 6.23. The molecule has 0 bridgehead atoms. The molecule has 3 nitrogen and oxygen atoms in total. The van der Waals surface area contributed by atoms with Crippen molar-refractivity contribution in [2.45, 2.75) is 59.5 Å². The van der Waals surface area contributed by atoms with Gasteiger partial charge in [-0.1, -0.05) is 13.8 Å². The van der Waals surface area contributed by atoms with Gasteiger partial charge in [0.15, 0.2) is 5.13 Å². The van der Waals surface area contributed by atoms with Crippen molar-refractivity contribution < 1.29 is 0 Å². The van der Waals surface area contributed by atoms with Crippen molar-refractivity contribution in [3.8, 4) is 0 Å². The quantitative estimate of drug-likeness (QED) is 0.891. The van der Waals surface area contributed by atoms with Crippen LogP contribution in [0.25, 0.3) is 0 Å². The Morgan fingerprint density at radius 3 is 2.79 bits per heavy atom. The molecule has 1 N–H and O–H groups in total. The van der Waals surface area contributed by atoms with E-state index in [2.05, 4.69) is 44.8 Å². The minimum absolute atomic E-state index is 0.418. The maximum absolute atomic E-state index is 4.81. The third-order valence-corrected chi connectivity index (χ3v) is 5.32. The summed E-state index contributed by atoms with van der Waals surface area (Å²) >= 11 is 1.87. The van der Waals surface area contributed by atoms with E-state index < -0.39 is 0 Å². The van der Waals surface area contributed by atoms with Gasteiger partial charge in [0.05, 0.1) is 5.69 Å². The second-order valence-corrected chi connectivity index (χ2v) is 6.97. The van der Waals surface area contributed by atoms with E-state index in [4.69, 9.17) is 4.98 Å². The summed E-state index contributed by atoms with van der Waals surface area (Å²) in [4.78, 5) is 8.69. The molecule has 108 valence electrons. The van der Waals surface area contributed by atoms with Crippen LogP contribution in [-0.2, 0) is 0 Å². The van der Waals surface area contributed by atoms with Crippen molar-refractivity contribution in [1.29, 1.82) is 0 Å². The van der Waals surface area contributed by atoms with Gasteiger partial charge in [-0.2, -0.15) is 0 Å². The molecule has 0 spiro atoms. The highest BCUT2D eigenvalue weighted by Crippen LogP contribution is 2.35. The van der Waals surface area contributed by atoms with Gasteiger partial charge in [0.1, 0.15) is 0 Å². The van der Waals surface area contributed by atoms with Gasteiger partial charge in [0.2, 0.25) is 0 Å². The zero-order chi connectivity index (χ0) is 14.0. The van der Waals surface area contributed by atoms with Crippen LogP contribution in [-0.4, -0.2) is 24.1 Å². The first-order valence-electron chi connectivity index (χ1n) is 7.50. The Morgan fingerprint density at radius 2 is 2.21 bits per heavy atom. The van der Waals surface area contributed by atoms with E-state index in [1.54, 1.807) is 0 Å². The summed E-state index contributed by atoms with van der Waals surface area (Å²) in [6, 6.07) is 1.05. The zero-order valence-corrected chi connectivity index (χ0v) is 13.7. The average molecular weight is 281 g/mol. The molecule has 2 heterocycles. The molecule has 2 rings (SSSR count). The smallest absolute Gasteiger partial charge is 0.186 e. The number of anilines is 1. The van der Waals surface area contributed by atoms with Gasteiger partial charge in [-0.05, 0) is 46.1 Å². The van der Waals surface area contributed by atoms with Crippen molar-refractivity contribution in [1.82, 2.24) is 10.3 Å². The monoisotopic (exact) mass is 281 g/mol. The molecular formula is C15H27N3S. The Morgan fingerprint density at radius 1 is 1.47 bits per heavy atom. The van der Waals surface area contributed by atoms with Crippen LogP contribution in [0, 0.1) is 12.8 Å². The van der Waals surface area contributed by atoms with Gasteiger partial charge >= 0.3 is 0 Å². The average Bonchev–Trinajstić information content (AvgIpc) is 2.89. The third-order valence-electron chi connectivity index (χ3n) is 3.94. The molecule has 1 saturated heterocycles. The molecule has 19 heavy (non-hydrogen) atoms. The van der Waals surface area contributed by atoms with Crippen molar-refractivity contribution in [2.24, 2.45) is 5.92 Å². The Balaban J connectivity index is 2.12. The molecule has 1 aromatic rings. The van der Waals surface area contributed by atoms with Crippen LogP contribution in [0.1, 0.15) is 57.1 Å². The fourth-order valence-electron chi connectivity index (χ4n) is 2.94. The highest BCUT2D eigenvalue weighted by molar-refractivity contribution is 7.15. The number of hydrogen-bond donors (Lipinski definition) is 1. The highest BCUT2D eigenvalue weighted by atomic mass is 32.1. The lowest BCUT2D eigenvalue weighted by molar-refractivity contribution is 0.575. The topological polar surface area (TPSA) is 28.2 Å². The molecule has 1 aliphatic heterocycles. The summed E-state index contributed by atoms with van der Waals surface area (Å²) in [7, 11) is 0. The standard InChI is InChI=1S/C15H27N3S/c1-6-7-16-12(4)14-13(5)17-15(19-14)18-9-10(2)8-11(18)3/h10-12,16H,6-9H2,1-5H3. The first-order valence-corrected chi connectivity index (χ1v) is 8.31. The van der Waals surface area contributed by atoms with Crippen molar-refractivity contribution in [3.05, 3.63) is 10.6 Å². The molecule has 1 aromatic heterocycles. The lowest BCUT2D eigenvalue weighted by Crippen LogP contribution is -2.26. The number of rotatable bonds is 5. The van der Waals surface area contributed by atoms with Crippen LogP contribution in [0.5, 0.6) is 0 Å². The number of nitrogens with zero attached hydrogens (tertiary/aromatic N) is 2. The molecule has 1 fully saturated rings. The second-order valence-electron chi connectivity index (χ2n) is 5.96.